The van der Waals surface area contributed by atoms with Gasteiger partial charge < -0.3 is 15.0 Å². The highest BCUT2D eigenvalue weighted by molar-refractivity contribution is 5.94. The third kappa shape index (κ3) is 4.16. The van der Waals surface area contributed by atoms with Crippen molar-refractivity contribution in [2.75, 3.05) is 6.61 Å². The number of hydrogen-bond donors (Lipinski definition) is 2. The molecule has 0 aliphatic carbocycles. The SMILES string of the molecule is CCOc1ccc(C(=O)NC2C[C@H]3CC[C@@H](C2)[NH+]3Cc2ccccc2)cc1. The molecule has 2 saturated heterocycles. The number of carbonyl (C=O) groups is 1. The van der Waals surface area contributed by atoms with Gasteiger partial charge in [-0.1, -0.05) is 30.3 Å². The van der Waals surface area contributed by atoms with Gasteiger partial charge in [0.25, 0.3) is 5.91 Å². The van der Waals surface area contributed by atoms with Crippen molar-refractivity contribution in [1.82, 2.24) is 5.32 Å². The fourth-order valence-electron chi connectivity index (χ4n) is 4.80. The molecule has 4 atom stereocenters. The van der Waals surface area contributed by atoms with Crippen LogP contribution in [0.5, 0.6) is 5.75 Å². The number of ether oxygens (including phenoxy) is 1. The average Bonchev–Trinajstić information content (AvgIpc) is 2.92. The molecule has 2 N–H and O–H groups in total. The Morgan fingerprint density at radius 2 is 1.70 bits per heavy atom. The summed E-state index contributed by atoms with van der Waals surface area (Å²) in [5.74, 6) is 0.846. The third-order valence-electron chi connectivity index (χ3n) is 6.06. The summed E-state index contributed by atoms with van der Waals surface area (Å²) < 4.78 is 5.45. The Bertz CT molecular complexity index is 746. The van der Waals surface area contributed by atoms with Crippen LogP contribution >= 0.6 is 0 Å². The van der Waals surface area contributed by atoms with Crippen molar-refractivity contribution in [2.24, 2.45) is 0 Å². The number of rotatable bonds is 6. The van der Waals surface area contributed by atoms with E-state index in [9.17, 15) is 4.79 Å². The predicted octanol–water partition coefficient (Wildman–Crippen LogP) is 2.59. The number of hydrogen-bond acceptors (Lipinski definition) is 2. The van der Waals surface area contributed by atoms with E-state index >= 15 is 0 Å². The fourth-order valence-corrected chi connectivity index (χ4v) is 4.80. The summed E-state index contributed by atoms with van der Waals surface area (Å²) in [5, 5.41) is 3.28. The molecule has 2 bridgehead atoms. The first-order valence-corrected chi connectivity index (χ1v) is 10.2. The fraction of sp³-hybridized carbons (Fsp3) is 0.435. The van der Waals surface area contributed by atoms with Crippen LogP contribution in [0.4, 0.5) is 0 Å². The Kier molecular flexibility index (Phi) is 5.44. The van der Waals surface area contributed by atoms with Crippen LogP contribution in [-0.4, -0.2) is 30.6 Å². The van der Waals surface area contributed by atoms with E-state index in [1.54, 1.807) is 4.90 Å². The number of carbonyl (C=O) groups excluding carboxylic acids is 1. The first-order chi connectivity index (χ1) is 13.2. The van der Waals surface area contributed by atoms with E-state index < -0.39 is 0 Å². The molecule has 2 heterocycles. The quantitative estimate of drug-likeness (QED) is 0.826. The van der Waals surface area contributed by atoms with E-state index in [4.69, 9.17) is 4.74 Å². The first kappa shape index (κ1) is 18.1. The van der Waals surface area contributed by atoms with Crippen LogP contribution in [0.1, 0.15) is 48.5 Å². The number of fused-ring (bicyclic) bond motifs is 2. The van der Waals surface area contributed by atoms with E-state index in [1.807, 2.05) is 31.2 Å². The lowest BCUT2D eigenvalue weighted by atomic mass is 9.96. The normalized spacial score (nSPS) is 26.6. The van der Waals surface area contributed by atoms with Crippen molar-refractivity contribution in [3.8, 4) is 5.75 Å². The van der Waals surface area contributed by atoms with Crippen molar-refractivity contribution in [1.29, 1.82) is 0 Å². The summed E-state index contributed by atoms with van der Waals surface area (Å²) in [6.45, 7) is 3.70. The highest BCUT2D eigenvalue weighted by Crippen LogP contribution is 2.24. The topological polar surface area (TPSA) is 42.8 Å². The van der Waals surface area contributed by atoms with E-state index in [2.05, 4.69) is 35.6 Å². The van der Waals surface area contributed by atoms with E-state index in [0.29, 0.717) is 30.3 Å². The third-order valence-corrected chi connectivity index (χ3v) is 6.06. The molecule has 27 heavy (non-hydrogen) atoms. The van der Waals surface area contributed by atoms with Gasteiger partial charge in [-0.25, -0.2) is 0 Å². The van der Waals surface area contributed by atoms with Crippen molar-refractivity contribution in [3.63, 3.8) is 0 Å². The molecule has 0 saturated carbocycles. The van der Waals surface area contributed by atoms with Gasteiger partial charge in [-0.15, -0.1) is 0 Å². The Hall–Kier alpha value is -2.33. The van der Waals surface area contributed by atoms with Crippen LogP contribution < -0.4 is 15.0 Å². The monoisotopic (exact) mass is 365 g/mol. The molecule has 2 unspecified atom stereocenters. The first-order valence-electron chi connectivity index (χ1n) is 10.2. The van der Waals surface area contributed by atoms with E-state index in [1.165, 1.54) is 18.4 Å². The average molecular weight is 365 g/mol. The Labute approximate surface area is 161 Å². The molecule has 2 aromatic carbocycles. The number of piperidine rings is 1. The minimum absolute atomic E-state index is 0.0361. The second-order valence-electron chi connectivity index (χ2n) is 7.81. The van der Waals surface area contributed by atoms with Gasteiger partial charge in [-0.3, -0.25) is 4.79 Å². The van der Waals surface area contributed by atoms with E-state index in [0.717, 1.165) is 25.1 Å². The molecular formula is C23H29N2O2+. The zero-order valence-electron chi connectivity index (χ0n) is 16.0. The number of quaternary nitrogens is 1. The van der Waals surface area contributed by atoms with E-state index in [-0.39, 0.29) is 5.91 Å². The summed E-state index contributed by atoms with van der Waals surface area (Å²) in [7, 11) is 0. The van der Waals surface area contributed by atoms with Gasteiger partial charge in [0.15, 0.2) is 0 Å². The van der Waals surface area contributed by atoms with Crippen LogP contribution in [0.3, 0.4) is 0 Å². The largest absolute Gasteiger partial charge is 0.494 e. The molecule has 2 fully saturated rings. The molecular weight excluding hydrogens is 336 g/mol. The molecule has 0 aromatic heterocycles. The standard InChI is InChI=1S/C23H28N2O2/c1-2-27-22-12-8-18(9-13-22)23(26)24-19-14-20-10-11-21(15-19)25(20)16-17-6-4-3-5-7-17/h3-9,12-13,19-21H,2,10-11,14-16H2,1H3,(H,24,26)/p+1/t19?,20-,21+. The van der Waals surface area contributed by atoms with Crippen LogP contribution in [0, 0.1) is 0 Å². The lowest BCUT2D eigenvalue weighted by Crippen LogP contribution is -3.17. The second kappa shape index (κ2) is 8.13. The molecule has 0 spiro atoms. The van der Waals surface area contributed by atoms with Crippen molar-refractivity contribution >= 4 is 5.91 Å². The number of amides is 1. The van der Waals surface area contributed by atoms with Crippen LogP contribution in [0.2, 0.25) is 0 Å². The summed E-state index contributed by atoms with van der Waals surface area (Å²) in [6.07, 6.45) is 4.73. The summed E-state index contributed by atoms with van der Waals surface area (Å²) in [5.41, 5.74) is 2.13. The summed E-state index contributed by atoms with van der Waals surface area (Å²) in [4.78, 5) is 14.3. The zero-order chi connectivity index (χ0) is 18.6. The maximum atomic E-state index is 12.6. The van der Waals surface area contributed by atoms with Crippen molar-refractivity contribution in [2.45, 2.75) is 57.3 Å². The summed E-state index contributed by atoms with van der Waals surface area (Å²) in [6, 6.07) is 19.8. The van der Waals surface area contributed by atoms with Crippen molar-refractivity contribution < 1.29 is 14.4 Å². The number of nitrogens with one attached hydrogen (secondary N) is 2. The number of benzene rings is 2. The molecule has 2 aliphatic heterocycles. The molecule has 142 valence electrons. The van der Waals surface area contributed by atoms with Gasteiger partial charge in [-0.2, -0.15) is 0 Å². The zero-order valence-corrected chi connectivity index (χ0v) is 16.0. The Balaban J connectivity index is 1.35. The van der Waals surface area contributed by atoms with Crippen LogP contribution in [0.25, 0.3) is 0 Å². The maximum Gasteiger partial charge on any atom is 0.251 e. The second-order valence-corrected chi connectivity index (χ2v) is 7.81. The molecule has 2 aromatic rings. The van der Waals surface area contributed by atoms with Gasteiger partial charge in [0.1, 0.15) is 12.3 Å². The minimum atomic E-state index is 0.0361. The van der Waals surface area contributed by atoms with Gasteiger partial charge in [0.2, 0.25) is 0 Å². The molecule has 4 rings (SSSR count). The Morgan fingerprint density at radius 3 is 2.33 bits per heavy atom. The molecule has 4 heteroatoms. The molecule has 2 aliphatic rings. The molecule has 4 nitrogen and oxygen atoms in total. The smallest absolute Gasteiger partial charge is 0.251 e. The minimum Gasteiger partial charge on any atom is -0.494 e. The van der Waals surface area contributed by atoms with Crippen molar-refractivity contribution in [3.05, 3.63) is 65.7 Å². The molecule has 0 radical (unpaired) electrons. The van der Waals surface area contributed by atoms with Gasteiger partial charge in [-0.05, 0) is 31.2 Å². The lowest BCUT2D eigenvalue weighted by molar-refractivity contribution is -0.954. The maximum absolute atomic E-state index is 12.6. The van der Waals surface area contributed by atoms with Gasteiger partial charge >= 0.3 is 0 Å². The lowest BCUT2D eigenvalue weighted by Gasteiger charge is -2.36. The highest BCUT2D eigenvalue weighted by atomic mass is 16.5. The summed E-state index contributed by atoms with van der Waals surface area (Å²) >= 11 is 0. The van der Waals surface area contributed by atoms with Gasteiger partial charge in [0, 0.05) is 42.9 Å². The van der Waals surface area contributed by atoms with Crippen LogP contribution in [0.15, 0.2) is 54.6 Å². The Morgan fingerprint density at radius 1 is 1.04 bits per heavy atom. The highest BCUT2D eigenvalue weighted by Gasteiger charge is 2.44. The molecule has 1 amide bonds. The van der Waals surface area contributed by atoms with Crippen LogP contribution in [-0.2, 0) is 6.54 Å². The predicted molar refractivity (Wildman–Crippen MR) is 106 cm³/mol. The van der Waals surface area contributed by atoms with Gasteiger partial charge in [0.05, 0.1) is 18.7 Å².